The SMILES string of the molecule is CCc1cc2c(N3CCN(C(=O)CC(F)(F)F)CC3)ncnc2s1.CCc1cc2c(N3CCNCC3)ncnc2s1. The Morgan fingerprint density at radius 3 is 1.76 bits per heavy atom. The number of nitrogens with zero attached hydrogens (tertiary/aromatic N) is 7. The molecule has 4 aromatic rings. The van der Waals surface area contributed by atoms with Gasteiger partial charge in [0, 0.05) is 62.1 Å². The topological polar surface area (TPSA) is 90.4 Å². The van der Waals surface area contributed by atoms with Crippen LogP contribution < -0.4 is 15.1 Å². The van der Waals surface area contributed by atoms with Gasteiger partial charge < -0.3 is 20.0 Å². The maximum atomic E-state index is 12.3. The number of piperazine rings is 2. The van der Waals surface area contributed by atoms with Gasteiger partial charge in [0.2, 0.25) is 5.91 Å². The van der Waals surface area contributed by atoms with E-state index in [9.17, 15) is 18.0 Å². The number of halogens is 3. The van der Waals surface area contributed by atoms with Crippen molar-refractivity contribution in [2.45, 2.75) is 39.3 Å². The number of rotatable bonds is 5. The number of aryl methyl sites for hydroxylation is 2. The number of anilines is 2. The van der Waals surface area contributed by atoms with Gasteiger partial charge in [0.25, 0.3) is 0 Å². The van der Waals surface area contributed by atoms with E-state index in [2.05, 4.69) is 56.1 Å². The second-order valence-corrected chi connectivity index (χ2v) is 12.1. The third kappa shape index (κ3) is 7.04. The minimum Gasteiger partial charge on any atom is -0.353 e. The highest BCUT2D eigenvalue weighted by atomic mass is 32.1. The summed E-state index contributed by atoms with van der Waals surface area (Å²) in [6, 6.07) is 4.31. The lowest BCUT2D eigenvalue weighted by Gasteiger charge is -2.35. The van der Waals surface area contributed by atoms with Gasteiger partial charge in [-0.05, 0) is 25.0 Å². The molecule has 0 bridgehead atoms. The molecule has 41 heavy (non-hydrogen) atoms. The fourth-order valence-corrected chi connectivity index (χ4v) is 6.82. The van der Waals surface area contributed by atoms with Crippen LogP contribution in [0.25, 0.3) is 20.4 Å². The molecule has 6 heterocycles. The van der Waals surface area contributed by atoms with Gasteiger partial charge in [0.05, 0.1) is 10.8 Å². The molecule has 0 aliphatic carbocycles. The summed E-state index contributed by atoms with van der Waals surface area (Å²) in [6.07, 6.45) is -0.665. The number of carbonyl (C=O) groups is 1. The van der Waals surface area contributed by atoms with Gasteiger partial charge in [-0.15, -0.1) is 22.7 Å². The minimum atomic E-state index is -4.46. The van der Waals surface area contributed by atoms with Gasteiger partial charge in [0.15, 0.2) is 0 Å². The van der Waals surface area contributed by atoms with Crippen molar-refractivity contribution >= 4 is 60.6 Å². The number of hydrogen-bond acceptors (Lipinski definition) is 10. The molecule has 2 fully saturated rings. The molecular weight excluding hydrogens is 573 g/mol. The average Bonchev–Trinajstić information content (AvgIpc) is 3.61. The molecule has 9 nitrogen and oxygen atoms in total. The second kappa shape index (κ2) is 12.8. The number of nitrogens with one attached hydrogen (secondary N) is 1. The van der Waals surface area contributed by atoms with Gasteiger partial charge in [-0.3, -0.25) is 4.79 Å². The van der Waals surface area contributed by atoms with Crippen molar-refractivity contribution in [3.8, 4) is 0 Å². The van der Waals surface area contributed by atoms with Crippen LogP contribution in [-0.4, -0.2) is 89.3 Å². The molecule has 2 saturated heterocycles. The summed E-state index contributed by atoms with van der Waals surface area (Å²) in [5.41, 5.74) is 0. The number of aromatic nitrogens is 4. The predicted octanol–water partition coefficient (Wildman–Crippen LogP) is 4.52. The first-order valence-electron chi connectivity index (χ1n) is 13.8. The van der Waals surface area contributed by atoms with E-state index in [1.807, 2.05) is 4.90 Å². The van der Waals surface area contributed by atoms with Crippen molar-refractivity contribution in [3.05, 3.63) is 34.5 Å². The molecule has 0 aromatic carbocycles. The van der Waals surface area contributed by atoms with Crippen molar-refractivity contribution in [1.82, 2.24) is 30.2 Å². The summed E-state index contributed by atoms with van der Waals surface area (Å²) in [6.45, 7) is 9.86. The first kappa shape index (κ1) is 29.4. The smallest absolute Gasteiger partial charge is 0.353 e. The first-order chi connectivity index (χ1) is 19.8. The van der Waals surface area contributed by atoms with Crippen LogP contribution in [0.15, 0.2) is 24.8 Å². The highest BCUT2D eigenvalue weighted by Gasteiger charge is 2.34. The standard InChI is InChI=1S/C15H17F3N4OS.C12H16N4S/c1-2-10-7-11-13(19-9-20-14(11)24-10)22-5-3-21(4-6-22)12(23)8-15(16,17)18;1-2-9-7-10-11(14-8-15-12(10)17-9)16-5-3-13-4-6-16/h7,9H,2-6,8H2,1H3;7-8,13H,2-6H2,1H3. The van der Waals surface area contributed by atoms with Crippen LogP contribution in [0.1, 0.15) is 30.0 Å². The number of thiophene rings is 2. The first-order valence-corrected chi connectivity index (χ1v) is 15.4. The Hall–Kier alpha value is -3.10. The lowest BCUT2D eigenvalue weighted by Crippen LogP contribution is -2.49. The van der Waals surface area contributed by atoms with Gasteiger partial charge in [-0.2, -0.15) is 13.2 Å². The molecule has 220 valence electrons. The van der Waals surface area contributed by atoms with Gasteiger partial charge in [-0.25, -0.2) is 19.9 Å². The molecule has 4 aromatic heterocycles. The Morgan fingerprint density at radius 2 is 1.29 bits per heavy atom. The maximum Gasteiger partial charge on any atom is 0.397 e. The average molecular weight is 607 g/mol. The molecule has 14 heteroatoms. The Bertz CT molecular complexity index is 1480. The highest BCUT2D eigenvalue weighted by molar-refractivity contribution is 7.19. The third-order valence-electron chi connectivity index (χ3n) is 7.12. The molecule has 0 radical (unpaired) electrons. The molecule has 0 unspecified atom stereocenters. The second-order valence-electron chi connectivity index (χ2n) is 9.86. The van der Waals surface area contributed by atoms with Gasteiger partial charge in [-0.1, -0.05) is 13.8 Å². The van der Waals surface area contributed by atoms with Crippen LogP contribution in [0, 0.1) is 0 Å². The van der Waals surface area contributed by atoms with Crippen LogP contribution >= 0.6 is 22.7 Å². The van der Waals surface area contributed by atoms with Crippen molar-refractivity contribution in [2.24, 2.45) is 0 Å². The van der Waals surface area contributed by atoms with E-state index in [1.165, 1.54) is 26.4 Å². The molecule has 1 N–H and O–H groups in total. The molecule has 0 saturated carbocycles. The van der Waals surface area contributed by atoms with E-state index in [0.29, 0.717) is 13.1 Å². The summed E-state index contributed by atoms with van der Waals surface area (Å²) in [5.74, 6) is 1.03. The maximum absolute atomic E-state index is 12.3. The van der Waals surface area contributed by atoms with Crippen LogP contribution in [0.3, 0.4) is 0 Å². The molecular formula is C27H33F3N8OS2. The zero-order chi connectivity index (χ0) is 29.0. The fraction of sp³-hybridized carbons (Fsp3) is 0.519. The third-order valence-corrected chi connectivity index (χ3v) is 9.49. The van der Waals surface area contributed by atoms with E-state index >= 15 is 0 Å². The summed E-state index contributed by atoms with van der Waals surface area (Å²) in [7, 11) is 0. The number of fused-ring (bicyclic) bond motifs is 2. The highest BCUT2D eigenvalue weighted by Crippen LogP contribution is 2.32. The summed E-state index contributed by atoms with van der Waals surface area (Å²) < 4.78 is 37.0. The van der Waals surface area contributed by atoms with Crippen LogP contribution in [0.2, 0.25) is 0 Å². The quantitative estimate of drug-likeness (QED) is 0.355. The zero-order valence-corrected chi connectivity index (χ0v) is 24.7. The number of carbonyl (C=O) groups excluding carboxylic acids is 1. The van der Waals surface area contributed by atoms with Crippen LogP contribution in [0.4, 0.5) is 24.8 Å². The van der Waals surface area contributed by atoms with Crippen LogP contribution in [-0.2, 0) is 17.6 Å². The Kier molecular flexibility index (Phi) is 9.19. The Balaban J connectivity index is 0.000000174. The van der Waals surface area contributed by atoms with E-state index in [0.717, 1.165) is 65.7 Å². The Morgan fingerprint density at radius 1 is 0.805 bits per heavy atom. The van der Waals surface area contributed by atoms with Gasteiger partial charge >= 0.3 is 6.18 Å². The van der Waals surface area contributed by atoms with Crippen molar-refractivity contribution in [3.63, 3.8) is 0 Å². The monoisotopic (exact) mass is 606 g/mol. The molecule has 1 amide bonds. The summed E-state index contributed by atoms with van der Waals surface area (Å²) >= 11 is 3.40. The van der Waals surface area contributed by atoms with E-state index in [4.69, 9.17) is 0 Å². The van der Waals surface area contributed by atoms with Crippen molar-refractivity contribution < 1.29 is 18.0 Å². The zero-order valence-electron chi connectivity index (χ0n) is 23.1. The largest absolute Gasteiger partial charge is 0.397 e. The van der Waals surface area contributed by atoms with Crippen molar-refractivity contribution in [2.75, 3.05) is 62.2 Å². The minimum absolute atomic E-state index is 0.269. The number of amides is 1. The summed E-state index contributed by atoms with van der Waals surface area (Å²) in [4.78, 5) is 39.4. The predicted molar refractivity (Wildman–Crippen MR) is 158 cm³/mol. The molecule has 0 spiro atoms. The summed E-state index contributed by atoms with van der Waals surface area (Å²) in [5, 5.41) is 5.55. The number of hydrogen-bond donors (Lipinski definition) is 1. The van der Waals surface area contributed by atoms with E-state index < -0.39 is 18.5 Å². The lowest BCUT2D eigenvalue weighted by atomic mass is 10.2. The van der Waals surface area contributed by atoms with E-state index in [1.54, 1.807) is 29.0 Å². The van der Waals surface area contributed by atoms with Gasteiger partial charge in [0.1, 0.15) is 40.4 Å². The van der Waals surface area contributed by atoms with Crippen molar-refractivity contribution in [1.29, 1.82) is 0 Å². The Labute approximate surface area is 244 Å². The molecule has 2 aliphatic heterocycles. The fourth-order valence-electron chi connectivity index (χ4n) is 4.97. The number of alkyl halides is 3. The molecule has 6 rings (SSSR count). The molecule has 2 aliphatic rings. The normalized spacial score (nSPS) is 16.3. The molecule has 0 atom stereocenters. The van der Waals surface area contributed by atoms with Crippen LogP contribution in [0.5, 0.6) is 0 Å². The van der Waals surface area contributed by atoms with E-state index in [-0.39, 0.29) is 13.1 Å². The lowest BCUT2D eigenvalue weighted by molar-refractivity contribution is -0.161.